The van der Waals surface area contributed by atoms with Crippen LogP contribution in [0.3, 0.4) is 0 Å². The molecule has 0 aromatic heterocycles. The second-order valence-corrected chi connectivity index (χ2v) is 6.73. The molecule has 1 aromatic carbocycles. The van der Waals surface area contributed by atoms with E-state index < -0.39 is 0 Å². The molecule has 3 unspecified atom stereocenters. The molecule has 1 aliphatic carbocycles. The van der Waals surface area contributed by atoms with Gasteiger partial charge in [-0.3, -0.25) is 0 Å². The summed E-state index contributed by atoms with van der Waals surface area (Å²) in [6.07, 6.45) is 5.39. The molecule has 1 saturated carbocycles. The SMILES string of the molecule is COc1ccc(CCNC(=O)NC2CCCC3OCCC23)c(OC)c1. The highest BCUT2D eigenvalue weighted by atomic mass is 16.5. The first-order valence-corrected chi connectivity index (χ1v) is 9.08. The summed E-state index contributed by atoms with van der Waals surface area (Å²) in [6, 6.07) is 5.87. The van der Waals surface area contributed by atoms with E-state index >= 15 is 0 Å². The van der Waals surface area contributed by atoms with Crippen molar-refractivity contribution in [2.24, 2.45) is 5.92 Å². The number of carbonyl (C=O) groups is 1. The largest absolute Gasteiger partial charge is 0.497 e. The third-order valence-corrected chi connectivity index (χ3v) is 5.27. The predicted molar refractivity (Wildman–Crippen MR) is 95.3 cm³/mol. The third kappa shape index (κ3) is 4.37. The average Bonchev–Trinajstić information content (AvgIpc) is 3.11. The molecule has 2 fully saturated rings. The summed E-state index contributed by atoms with van der Waals surface area (Å²) >= 11 is 0. The minimum Gasteiger partial charge on any atom is -0.497 e. The summed E-state index contributed by atoms with van der Waals surface area (Å²) in [5.74, 6) is 2.01. The fourth-order valence-corrected chi connectivity index (χ4v) is 3.94. The van der Waals surface area contributed by atoms with Gasteiger partial charge in [0.1, 0.15) is 11.5 Å². The molecule has 138 valence electrons. The first kappa shape index (κ1) is 17.9. The smallest absolute Gasteiger partial charge is 0.315 e. The molecule has 2 amide bonds. The van der Waals surface area contributed by atoms with Gasteiger partial charge in [0.15, 0.2) is 0 Å². The minimum absolute atomic E-state index is 0.0926. The Morgan fingerprint density at radius 3 is 2.92 bits per heavy atom. The van der Waals surface area contributed by atoms with Crippen molar-refractivity contribution in [3.63, 3.8) is 0 Å². The summed E-state index contributed by atoms with van der Waals surface area (Å²) in [4.78, 5) is 12.2. The van der Waals surface area contributed by atoms with Crippen LogP contribution in [0.1, 0.15) is 31.2 Å². The van der Waals surface area contributed by atoms with Gasteiger partial charge in [0.05, 0.1) is 20.3 Å². The molecular formula is C19H28N2O4. The lowest BCUT2D eigenvalue weighted by atomic mass is 9.82. The Labute approximate surface area is 149 Å². The lowest BCUT2D eigenvalue weighted by Crippen LogP contribution is -2.49. The number of benzene rings is 1. The van der Waals surface area contributed by atoms with Gasteiger partial charge in [-0.15, -0.1) is 0 Å². The summed E-state index contributed by atoms with van der Waals surface area (Å²) < 4.78 is 16.4. The first-order chi connectivity index (χ1) is 12.2. The van der Waals surface area contributed by atoms with Gasteiger partial charge < -0.3 is 24.8 Å². The highest BCUT2D eigenvalue weighted by Gasteiger charge is 2.38. The summed E-state index contributed by atoms with van der Waals surface area (Å²) in [5, 5.41) is 6.10. The number of fused-ring (bicyclic) bond motifs is 1. The number of urea groups is 1. The molecule has 3 atom stereocenters. The zero-order chi connectivity index (χ0) is 17.6. The van der Waals surface area contributed by atoms with Crippen LogP contribution in [0.25, 0.3) is 0 Å². The zero-order valence-corrected chi connectivity index (χ0v) is 15.0. The van der Waals surface area contributed by atoms with Crippen LogP contribution in [-0.2, 0) is 11.2 Å². The highest BCUT2D eigenvalue weighted by Crippen LogP contribution is 2.34. The van der Waals surface area contributed by atoms with Gasteiger partial charge in [0.25, 0.3) is 0 Å². The van der Waals surface area contributed by atoms with E-state index in [1.807, 2.05) is 18.2 Å². The van der Waals surface area contributed by atoms with Crippen LogP contribution in [0.4, 0.5) is 4.79 Å². The van der Waals surface area contributed by atoms with E-state index in [9.17, 15) is 4.79 Å². The number of ether oxygens (including phenoxy) is 3. The zero-order valence-electron chi connectivity index (χ0n) is 15.0. The Morgan fingerprint density at radius 2 is 2.12 bits per heavy atom. The molecule has 3 rings (SSSR count). The fourth-order valence-electron chi connectivity index (χ4n) is 3.94. The van der Waals surface area contributed by atoms with Crippen molar-refractivity contribution in [2.75, 3.05) is 27.4 Å². The molecule has 1 aromatic rings. The van der Waals surface area contributed by atoms with Crippen molar-refractivity contribution in [2.45, 2.75) is 44.2 Å². The van der Waals surface area contributed by atoms with E-state index in [0.29, 0.717) is 25.0 Å². The standard InChI is InChI=1S/C19H28N2O4/c1-23-14-7-6-13(18(12-14)24-2)8-10-20-19(22)21-16-4-3-5-17-15(16)9-11-25-17/h6-7,12,15-17H,3-5,8-11H2,1-2H3,(H2,20,21,22). The fraction of sp³-hybridized carbons (Fsp3) is 0.632. The number of methoxy groups -OCH3 is 2. The summed E-state index contributed by atoms with van der Waals surface area (Å²) in [5.41, 5.74) is 1.05. The van der Waals surface area contributed by atoms with E-state index in [1.54, 1.807) is 14.2 Å². The van der Waals surface area contributed by atoms with Crippen LogP contribution < -0.4 is 20.1 Å². The number of carbonyl (C=O) groups excluding carboxylic acids is 1. The number of nitrogens with one attached hydrogen (secondary N) is 2. The molecule has 6 nitrogen and oxygen atoms in total. The molecule has 1 aliphatic heterocycles. The van der Waals surface area contributed by atoms with E-state index in [0.717, 1.165) is 49.4 Å². The normalized spacial score (nSPS) is 25.1. The molecule has 2 N–H and O–H groups in total. The van der Waals surface area contributed by atoms with Gasteiger partial charge in [-0.2, -0.15) is 0 Å². The van der Waals surface area contributed by atoms with E-state index in [1.165, 1.54) is 0 Å². The van der Waals surface area contributed by atoms with Crippen LogP contribution in [0.2, 0.25) is 0 Å². The highest BCUT2D eigenvalue weighted by molar-refractivity contribution is 5.74. The number of hydrogen-bond acceptors (Lipinski definition) is 4. The maximum Gasteiger partial charge on any atom is 0.315 e. The lowest BCUT2D eigenvalue weighted by molar-refractivity contribution is 0.0549. The summed E-state index contributed by atoms with van der Waals surface area (Å²) in [6.45, 7) is 1.39. The van der Waals surface area contributed by atoms with Crippen LogP contribution in [0.5, 0.6) is 11.5 Å². The third-order valence-electron chi connectivity index (χ3n) is 5.27. The van der Waals surface area contributed by atoms with E-state index in [2.05, 4.69) is 10.6 Å². The monoisotopic (exact) mass is 348 g/mol. The van der Waals surface area contributed by atoms with E-state index in [-0.39, 0.29) is 12.1 Å². The molecule has 0 radical (unpaired) electrons. The Kier molecular flexibility index (Phi) is 6.02. The topological polar surface area (TPSA) is 68.8 Å². The maximum atomic E-state index is 12.2. The Morgan fingerprint density at radius 1 is 1.24 bits per heavy atom. The summed E-state index contributed by atoms with van der Waals surface area (Å²) in [7, 11) is 3.27. The Bertz CT molecular complexity index is 593. The number of hydrogen-bond donors (Lipinski definition) is 2. The molecule has 6 heteroatoms. The predicted octanol–water partition coefficient (Wildman–Crippen LogP) is 2.50. The average molecular weight is 348 g/mol. The molecule has 1 heterocycles. The van der Waals surface area contributed by atoms with Gasteiger partial charge in [0, 0.05) is 31.2 Å². The number of rotatable bonds is 6. The second-order valence-electron chi connectivity index (χ2n) is 6.73. The first-order valence-electron chi connectivity index (χ1n) is 9.08. The molecule has 0 bridgehead atoms. The van der Waals surface area contributed by atoms with Crippen molar-refractivity contribution in [1.82, 2.24) is 10.6 Å². The molecule has 2 aliphatic rings. The van der Waals surface area contributed by atoms with Gasteiger partial charge >= 0.3 is 6.03 Å². The van der Waals surface area contributed by atoms with Gasteiger partial charge in [-0.25, -0.2) is 4.79 Å². The van der Waals surface area contributed by atoms with Crippen molar-refractivity contribution >= 4 is 6.03 Å². The quantitative estimate of drug-likeness (QED) is 0.829. The van der Waals surface area contributed by atoms with Crippen molar-refractivity contribution < 1.29 is 19.0 Å². The Hall–Kier alpha value is -1.95. The minimum atomic E-state index is -0.0926. The van der Waals surface area contributed by atoms with Crippen molar-refractivity contribution in [3.8, 4) is 11.5 Å². The Balaban J connectivity index is 1.46. The number of amides is 2. The van der Waals surface area contributed by atoms with Gasteiger partial charge in [0.2, 0.25) is 0 Å². The molecular weight excluding hydrogens is 320 g/mol. The van der Waals surface area contributed by atoms with Crippen LogP contribution >= 0.6 is 0 Å². The van der Waals surface area contributed by atoms with Crippen LogP contribution in [-0.4, -0.2) is 45.5 Å². The van der Waals surface area contributed by atoms with Crippen molar-refractivity contribution in [3.05, 3.63) is 23.8 Å². The van der Waals surface area contributed by atoms with Gasteiger partial charge in [-0.05, 0) is 43.7 Å². The molecule has 1 saturated heterocycles. The van der Waals surface area contributed by atoms with Crippen molar-refractivity contribution in [1.29, 1.82) is 0 Å². The van der Waals surface area contributed by atoms with Crippen LogP contribution in [0.15, 0.2) is 18.2 Å². The van der Waals surface area contributed by atoms with Gasteiger partial charge in [-0.1, -0.05) is 6.07 Å². The molecule has 0 spiro atoms. The van der Waals surface area contributed by atoms with E-state index in [4.69, 9.17) is 14.2 Å². The van der Waals surface area contributed by atoms with Crippen LogP contribution in [0, 0.1) is 5.92 Å². The lowest BCUT2D eigenvalue weighted by Gasteiger charge is -2.33. The second kappa shape index (κ2) is 8.43. The molecule has 25 heavy (non-hydrogen) atoms. The maximum absolute atomic E-state index is 12.2.